The van der Waals surface area contributed by atoms with Crippen LogP contribution in [0.15, 0.2) is 76.0 Å². The zero-order chi connectivity index (χ0) is 31.3. The number of rotatable bonds is 10. The molecule has 2 aromatic carbocycles. The van der Waals surface area contributed by atoms with Crippen LogP contribution in [0.5, 0.6) is 0 Å². The van der Waals surface area contributed by atoms with Crippen LogP contribution in [-0.2, 0) is 29.1 Å². The highest BCUT2D eigenvalue weighted by molar-refractivity contribution is 7.89. The summed E-state index contributed by atoms with van der Waals surface area (Å²) in [5.41, 5.74) is 1.41. The second-order valence-electron chi connectivity index (χ2n) is 10.3. The molecule has 0 amide bonds. The molecule has 4 rings (SSSR count). The number of benzene rings is 2. The lowest BCUT2D eigenvalue weighted by Gasteiger charge is -2.34. The second-order valence-corrected chi connectivity index (χ2v) is 12.5. The van der Waals surface area contributed by atoms with Gasteiger partial charge in [0.2, 0.25) is 10.0 Å². The number of nitro benzene ring substituents is 1. The Kier molecular flexibility index (Phi) is 10.2. The van der Waals surface area contributed by atoms with Crippen LogP contribution in [0.4, 0.5) is 5.69 Å². The van der Waals surface area contributed by atoms with Gasteiger partial charge in [-0.3, -0.25) is 15.0 Å². The Morgan fingerprint density at radius 3 is 2.44 bits per heavy atom. The smallest absolute Gasteiger partial charge is 0.337 e. The van der Waals surface area contributed by atoms with Gasteiger partial charge in [0.1, 0.15) is 6.10 Å². The average Bonchev–Trinajstić information content (AvgIpc) is 2.96. The van der Waals surface area contributed by atoms with E-state index in [1.807, 2.05) is 4.90 Å². The summed E-state index contributed by atoms with van der Waals surface area (Å²) in [6.07, 6.45) is 0.825. The number of carbonyl (C=O) groups excluding carboxylic acids is 2. The maximum Gasteiger partial charge on any atom is 0.337 e. The van der Waals surface area contributed by atoms with Crippen LogP contribution in [0.1, 0.15) is 38.2 Å². The van der Waals surface area contributed by atoms with Gasteiger partial charge < -0.3 is 14.8 Å². The predicted octanol–water partition coefficient (Wildman–Crippen LogP) is 3.64. The third kappa shape index (κ3) is 7.60. The number of methoxy groups -OCH3 is 1. The minimum Gasteiger partial charge on any atom is -0.466 e. The SMILES string of the molecule is COC(=O)C1=C(C)NC(C)=C(C(=O)O[C@@H]2CCCN(CCNS(=O)(=O)c3ccc(Cl)cc3)C2)[C@H]1c1cccc([N+](=O)[O-])c1. The van der Waals surface area contributed by atoms with Crippen molar-refractivity contribution in [1.82, 2.24) is 14.9 Å². The molecule has 1 fully saturated rings. The lowest BCUT2D eigenvalue weighted by molar-refractivity contribution is -0.384. The molecule has 12 nitrogen and oxygen atoms in total. The Morgan fingerprint density at radius 1 is 1.12 bits per heavy atom. The van der Waals surface area contributed by atoms with Crippen molar-refractivity contribution in [3.8, 4) is 0 Å². The van der Waals surface area contributed by atoms with Crippen LogP contribution in [0.3, 0.4) is 0 Å². The zero-order valence-electron chi connectivity index (χ0n) is 24.0. The Morgan fingerprint density at radius 2 is 1.79 bits per heavy atom. The minimum absolute atomic E-state index is 0.112. The Bertz CT molecular complexity index is 1570. The number of dihydropyridines is 1. The molecule has 0 aromatic heterocycles. The number of hydrogen-bond donors (Lipinski definition) is 2. The molecule has 0 saturated carbocycles. The first-order valence-electron chi connectivity index (χ1n) is 13.6. The molecule has 2 aromatic rings. The molecule has 43 heavy (non-hydrogen) atoms. The normalized spacial score (nSPS) is 19.5. The number of likely N-dealkylation sites (tertiary alicyclic amines) is 1. The van der Waals surface area contributed by atoms with E-state index in [0.29, 0.717) is 48.0 Å². The lowest BCUT2D eigenvalue weighted by Crippen LogP contribution is -2.44. The molecule has 2 N–H and O–H groups in total. The number of allylic oxidation sites excluding steroid dienone is 2. The predicted molar refractivity (Wildman–Crippen MR) is 159 cm³/mol. The summed E-state index contributed by atoms with van der Waals surface area (Å²) in [5, 5.41) is 15.0. The second kappa shape index (κ2) is 13.7. The largest absolute Gasteiger partial charge is 0.466 e. The molecule has 0 spiro atoms. The van der Waals surface area contributed by atoms with Gasteiger partial charge in [-0.05, 0) is 63.1 Å². The summed E-state index contributed by atoms with van der Waals surface area (Å²) < 4.78 is 38.7. The summed E-state index contributed by atoms with van der Waals surface area (Å²) in [5.74, 6) is -2.29. The highest BCUT2D eigenvalue weighted by atomic mass is 35.5. The van der Waals surface area contributed by atoms with E-state index >= 15 is 0 Å². The first-order valence-corrected chi connectivity index (χ1v) is 15.5. The van der Waals surface area contributed by atoms with Crippen LogP contribution >= 0.6 is 11.6 Å². The van der Waals surface area contributed by atoms with E-state index < -0.39 is 38.9 Å². The highest BCUT2D eigenvalue weighted by Crippen LogP contribution is 2.40. The monoisotopic (exact) mass is 632 g/mol. The third-order valence-electron chi connectivity index (χ3n) is 7.38. The Hall–Kier alpha value is -3.78. The van der Waals surface area contributed by atoms with Crippen molar-refractivity contribution < 1.29 is 32.4 Å². The molecular formula is C29H33ClN4O8S. The van der Waals surface area contributed by atoms with Gasteiger partial charge in [0.25, 0.3) is 5.69 Å². The number of ether oxygens (including phenoxy) is 2. The number of non-ortho nitro benzene ring substituents is 1. The van der Waals surface area contributed by atoms with Crippen LogP contribution in [0.25, 0.3) is 0 Å². The topological polar surface area (TPSA) is 157 Å². The summed E-state index contributed by atoms with van der Waals surface area (Å²) in [6, 6.07) is 11.7. The minimum atomic E-state index is -3.71. The summed E-state index contributed by atoms with van der Waals surface area (Å²) in [7, 11) is -2.48. The number of nitrogens with zero attached hydrogens (tertiary/aromatic N) is 2. The highest BCUT2D eigenvalue weighted by Gasteiger charge is 2.39. The molecule has 0 unspecified atom stereocenters. The third-order valence-corrected chi connectivity index (χ3v) is 9.11. The van der Waals surface area contributed by atoms with E-state index in [4.69, 9.17) is 21.1 Å². The molecule has 1 saturated heterocycles. The van der Waals surface area contributed by atoms with Gasteiger partial charge in [-0.1, -0.05) is 23.7 Å². The summed E-state index contributed by atoms with van der Waals surface area (Å²) >= 11 is 5.85. The van der Waals surface area contributed by atoms with Gasteiger partial charge in [-0.15, -0.1) is 0 Å². The molecule has 0 bridgehead atoms. The fourth-order valence-electron chi connectivity index (χ4n) is 5.36. The van der Waals surface area contributed by atoms with Crippen molar-refractivity contribution in [3.05, 3.63) is 91.8 Å². The lowest BCUT2D eigenvalue weighted by atomic mass is 9.80. The number of sulfonamides is 1. The standard InChI is InChI=1S/C29H33ClN4O8S/c1-18-25(28(35)41-3)27(20-6-4-7-22(16-20)34(37)38)26(19(2)32-18)29(36)42-23-8-5-14-33(17-23)15-13-31-43(39,40)24-11-9-21(30)10-12-24/h4,6-7,9-12,16,23,27,31-32H,5,8,13-15,17H2,1-3H3/t23-,27+/m1/s1. The van der Waals surface area contributed by atoms with Crippen molar-refractivity contribution in [2.45, 2.75) is 43.6 Å². The van der Waals surface area contributed by atoms with Crippen LogP contribution in [0, 0.1) is 10.1 Å². The molecule has 14 heteroatoms. The Labute approximate surface area is 254 Å². The maximum absolute atomic E-state index is 13.7. The maximum atomic E-state index is 13.7. The fraction of sp³-hybridized carbons (Fsp3) is 0.379. The molecular weight excluding hydrogens is 600 g/mol. The first-order chi connectivity index (χ1) is 20.4. The number of esters is 2. The molecule has 2 aliphatic rings. The van der Waals surface area contributed by atoms with Gasteiger partial charge in [-0.2, -0.15) is 0 Å². The van der Waals surface area contributed by atoms with E-state index in [0.717, 1.165) is 6.42 Å². The van der Waals surface area contributed by atoms with Crippen LogP contribution in [-0.4, -0.2) is 69.6 Å². The quantitative estimate of drug-likeness (QED) is 0.225. The van der Waals surface area contributed by atoms with Crippen molar-refractivity contribution >= 4 is 39.3 Å². The molecule has 2 heterocycles. The van der Waals surface area contributed by atoms with Gasteiger partial charge in [-0.25, -0.2) is 22.7 Å². The van der Waals surface area contributed by atoms with E-state index in [-0.39, 0.29) is 28.3 Å². The van der Waals surface area contributed by atoms with E-state index in [9.17, 15) is 28.1 Å². The summed E-state index contributed by atoms with van der Waals surface area (Å²) in [4.78, 5) is 39.7. The molecule has 2 atom stereocenters. The number of nitrogens with one attached hydrogen (secondary N) is 2. The van der Waals surface area contributed by atoms with Crippen LogP contribution < -0.4 is 10.0 Å². The summed E-state index contributed by atoms with van der Waals surface area (Å²) in [6.45, 7) is 4.98. The first kappa shape index (κ1) is 32.1. The van der Waals surface area contributed by atoms with Crippen molar-refractivity contribution in [2.24, 2.45) is 0 Å². The van der Waals surface area contributed by atoms with Crippen molar-refractivity contribution in [3.63, 3.8) is 0 Å². The number of carbonyl (C=O) groups is 2. The fourth-order valence-corrected chi connectivity index (χ4v) is 6.51. The molecule has 0 radical (unpaired) electrons. The van der Waals surface area contributed by atoms with Gasteiger partial charge in [0.15, 0.2) is 0 Å². The average molecular weight is 633 g/mol. The van der Waals surface area contributed by atoms with E-state index in [2.05, 4.69) is 10.0 Å². The number of halogens is 1. The molecule has 2 aliphatic heterocycles. The molecule has 0 aliphatic carbocycles. The van der Waals surface area contributed by atoms with Gasteiger partial charge >= 0.3 is 11.9 Å². The van der Waals surface area contributed by atoms with Gasteiger partial charge in [0.05, 0.1) is 34.0 Å². The van der Waals surface area contributed by atoms with E-state index in [1.165, 1.54) is 49.6 Å². The van der Waals surface area contributed by atoms with E-state index in [1.54, 1.807) is 19.9 Å². The number of nitro groups is 1. The van der Waals surface area contributed by atoms with Crippen LogP contribution in [0.2, 0.25) is 5.02 Å². The number of hydrogen-bond acceptors (Lipinski definition) is 10. The van der Waals surface area contributed by atoms with Gasteiger partial charge in [0, 0.05) is 48.2 Å². The Balaban J connectivity index is 1.48. The molecule has 230 valence electrons. The van der Waals surface area contributed by atoms with Crippen molar-refractivity contribution in [1.29, 1.82) is 0 Å². The zero-order valence-corrected chi connectivity index (χ0v) is 25.5. The van der Waals surface area contributed by atoms with Crippen molar-refractivity contribution in [2.75, 3.05) is 33.3 Å². The number of piperidine rings is 1.